The monoisotopic (exact) mass is 549 g/mol. The van der Waals surface area contributed by atoms with Gasteiger partial charge in [-0.3, -0.25) is 13.9 Å². The van der Waals surface area contributed by atoms with Crippen molar-refractivity contribution in [2.75, 3.05) is 23.7 Å². The van der Waals surface area contributed by atoms with Crippen LogP contribution in [0.3, 0.4) is 0 Å². The number of hydrogen-bond acceptors (Lipinski definition) is 4. The van der Waals surface area contributed by atoms with Crippen LogP contribution in [-0.4, -0.2) is 50.5 Å². The van der Waals surface area contributed by atoms with Gasteiger partial charge in [-0.2, -0.15) is 0 Å². The SMILES string of the molecule is CCNC(=O)[C@@H](Cc1ccccc1)N(Cc1ccc(C)cc1)C(=O)CN(c1ccccc1C(C)C)S(C)(=O)=O. The molecular weight excluding hydrogens is 510 g/mol. The van der Waals surface area contributed by atoms with Crippen LogP contribution in [0.4, 0.5) is 5.69 Å². The lowest BCUT2D eigenvalue weighted by Crippen LogP contribution is -2.53. The van der Waals surface area contributed by atoms with Crippen molar-refractivity contribution in [1.29, 1.82) is 0 Å². The smallest absolute Gasteiger partial charge is 0.244 e. The Morgan fingerprint density at radius 1 is 0.872 bits per heavy atom. The summed E-state index contributed by atoms with van der Waals surface area (Å²) in [6.07, 6.45) is 1.40. The quantitative estimate of drug-likeness (QED) is 0.356. The average molecular weight is 550 g/mol. The topological polar surface area (TPSA) is 86.8 Å². The van der Waals surface area contributed by atoms with Crippen LogP contribution in [0.15, 0.2) is 78.9 Å². The first-order valence-electron chi connectivity index (χ1n) is 13.2. The third-order valence-electron chi connectivity index (χ3n) is 6.60. The third kappa shape index (κ3) is 8.17. The Morgan fingerprint density at radius 2 is 1.49 bits per heavy atom. The minimum absolute atomic E-state index is 0.0466. The molecule has 0 saturated carbocycles. The molecule has 0 saturated heterocycles. The summed E-state index contributed by atoms with van der Waals surface area (Å²) in [6.45, 7) is 7.93. The minimum Gasteiger partial charge on any atom is -0.355 e. The first-order valence-corrected chi connectivity index (χ1v) is 15.1. The number of hydrogen-bond donors (Lipinski definition) is 1. The first kappa shape index (κ1) is 29.9. The Morgan fingerprint density at radius 3 is 2.08 bits per heavy atom. The number of nitrogens with zero attached hydrogens (tertiary/aromatic N) is 2. The molecule has 0 bridgehead atoms. The number of sulfonamides is 1. The number of carbonyl (C=O) groups is 2. The second-order valence-electron chi connectivity index (χ2n) is 10.1. The summed E-state index contributed by atoms with van der Waals surface area (Å²) in [4.78, 5) is 29.0. The number of aryl methyl sites for hydroxylation is 1. The van der Waals surface area contributed by atoms with Crippen LogP contribution in [0, 0.1) is 6.92 Å². The fourth-order valence-corrected chi connectivity index (χ4v) is 5.40. The van der Waals surface area contributed by atoms with Crippen LogP contribution < -0.4 is 9.62 Å². The van der Waals surface area contributed by atoms with E-state index >= 15 is 0 Å². The van der Waals surface area contributed by atoms with Gasteiger partial charge in [-0.1, -0.05) is 92.2 Å². The molecule has 39 heavy (non-hydrogen) atoms. The maximum Gasteiger partial charge on any atom is 0.244 e. The van der Waals surface area contributed by atoms with E-state index in [4.69, 9.17) is 0 Å². The molecule has 1 atom stereocenters. The summed E-state index contributed by atoms with van der Waals surface area (Å²) in [5.41, 5.74) is 4.13. The van der Waals surface area contributed by atoms with Gasteiger partial charge < -0.3 is 10.2 Å². The molecule has 0 aromatic heterocycles. The third-order valence-corrected chi connectivity index (χ3v) is 7.73. The van der Waals surface area contributed by atoms with Crippen molar-refractivity contribution in [3.8, 4) is 0 Å². The number of benzene rings is 3. The Labute approximate surface area is 232 Å². The predicted molar refractivity (Wildman–Crippen MR) is 157 cm³/mol. The molecule has 208 valence electrons. The molecule has 0 fully saturated rings. The maximum absolute atomic E-state index is 14.1. The Hall–Kier alpha value is -3.65. The fraction of sp³-hybridized carbons (Fsp3) is 0.355. The van der Waals surface area contributed by atoms with Gasteiger partial charge in [0.25, 0.3) is 0 Å². The molecule has 8 heteroatoms. The Kier molecular flexibility index (Phi) is 10.3. The number of carbonyl (C=O) groups excluding carboxylic acids is 2. The lowest BCUT2D eigenvalue weighted by atomic mass is 10.0. The summed E-state index contributed by atoms with van der Waals surface area (Å²) in [5.74, 6) is -0.688. The normalized spacial score (nSPS) is 12.2. The van der Waals surface area contributed by atoms with Gasteiger partial charge in [-0.25, -0.2) is 8.42 Å². The second kappa shape index (κ2) is 13.4. The second-order valence-corrected chi connectivity index (χ2v) is 12.0. The average Bonchev–Trinajstić information content (AvgIpc) is 2.90. The highest BCUT2D eigenvalue weighted by Crippen LogP contribution is 2.29. The van der Waals surface area contributed by atoms with E-state index in [1.54, 1.807) is 12.1 Å². The summed E-state index contributed by atoms with van der Waals surface area (Å²) in [6, 6.07) is 23.7. The molecular formula is C31H39N3O4S. The minimum atomic E-state index is -3.81. The predicted octanol–water partition coefficient (Wildman–Crippen LogP) is 4.66. The zero-order valence-electron chi connectivity index (χ0n) is 23.4. The van der Waals surface area contributed by atoms with Gasteiger partial charge in [0.15, 0.2) is 0 Å². The highest BCUT2D eigenvalue weighted by atomic mass is 32.2. The molecule has 2 amide bonds. The van der Waals surface area contributed by atoms with E-state index in [1.165, 1.54) is 4.90 Å². The van der Waals surface area contributed by atoms with Crippen molar-refractivity contribution >= 4 is 27.5 Å². The highest BCUT2D eigenvalue weighted by molar-refractivity contribution is 7.92. The molecule has 0 aliphatic heterocycles. The maximum atomic E-state index is 14.1. The number of amides is 2. The van der Waals surface area contributed by atoms with Crippen LogP contribution in [0.5, 0.6) is 0 Å². The standard InChI is InChI=1S/C31H39N3O4S/c1-6-32-31(36)29(20-25-12-8-7-9-13-25)33(21-26-18-16-24(4)17-19-26)30(35)22-34(39(5,37)38)28-15-11-10-14-27(28)23(2)3/h7-19,23,29H,6,20-22H2,1-5H3,(H,32,36)/t29-/m1/s1. The Balaban J connectivity index is 2.07. The van der Waals surface area contributed by atoms with Crippen LogP contribution >= 0.6 is 0 Å². The summed E-state index contributed by atoms with van der Waals surface area (Å²) < 4.78 is 27.2. The van der Waals surface area contributed by atoms with E-state index in [0.29, 0.717) is 18.7 Å². The number of likely N-dealkylation sites (N-methyl/N-ethyl adjacent to an activating group) is 1. The van der Waals surface area contributed by atoms with Gasteiger partial charge in [0.2, 0.25) is 21.8 Å². The number of rotatable bonds is 12. The molecule has 3 aromatic carbocycles. The molecule has 1 N–H and O–H groups in total. The van der Waals surface area contributed by atoms with Crippen molar-refractivity contribution < 1.29 is 18.0 Å². The molecule has 0 aliphatic carbocycles. The van der Waals surface area contributed by atoms with Crippen LogP contribution in [-0.2, 0) is 32.6 Å². The highest BCUT2D eigenvalue weighted by Gasteiger charge is 2.33. The van der Waals surface area contributed by atoms with Crippen LogP contribution in [0.1, 0.15) is 48.9 Å². The van der Waals surface area contributed by atoms with Crippen molar-refractivity contribution in [2.45, 2.75) is 52.6 Å². The first-order chi connectivity index (χ1) is 18.5. The number of nitrogens with one attached hydrogen (secondary N) is 1. The molecule has 0 spiro atoms. The van der Waals surface area contributed by atoms with Gasteiger partial charge in [-0.05, 0) is 42.5 Å². The van der Waals surface area contributed by atoms with Crippen molar-refractivity contribution in [3.05, 3.63) is 101 Å². The van der Waals surface area contributed by atoms with Crippen molar-refractivity contribution in [2.24, 2.45) is 0 Å². The molecule has 0 heterocycles. The molecule has 7 nitrogen and oxygen atoms in total. The van der Waals surface area contributed by atoms with Gasteiger partial charge in [-0.15, -0.1) is 0 Å². The lowest BCUT2D eigenvalue weighted by molar-refractivity contribution is -0.140. The lowest BCUT2D eigenvalue weighted by Gasteiger charge is -2.34. The Bertz CT molecular complexity index is 1360. The van der Waals surface area contributed by atoms with E-state index in [9.17, 15) is 18.0 Å². The van der Waals surface area contributed by atoms with E-state index in [2.05, 4.69) is 5.32 Å². The largest absolute Gasteiger partial charge is 0.355 e. The summed E-state index contributed by atoms with van der Waals surface area (Å²) >= 11 is 0. The van der Waals surface area contributed by atoms with Crippen molar-refractivity contribution in [3.63, 3.8) is 0 Å². The zero-order valence-corrected chi connectivity index (χ0v) is 24.2. The van der Waals surface area contributed by atoms with Crippen LogP contribution in [0.25, 0.3) is 0 Å². The van der Waals surface area contributed by atoms with Gasteiger partial charge in [0.1, 0.15) is 12.6 Å². The van der Waals surface area contributed by atoms with Gasteiger partial charge in [0.05, 0.1) is 11.9 Å². The fourth-order valence-electron chi connectivity index (χ4n) is 4.53. The number of para-hydroxylation sites is 1. The van der Waals surface area contributed by atoms with Gasteiger partial charge >= 0.3 is 0 Å². The summed E-state index contributed by atoms with van der Waals surface area (Å²) in [5, 5.41) is 2.87. The molecule has 3 aromatic rings. The summed E-state index contributed by atoms with van der Waals surface area (Å²) in [7, 11) is -3.81. The molecule has 0 radical (unpaired) electrons. The van der Waals surface area contributed by atoms with E-state index in [0.717, 1.165) is 32.8 Å². The molecule has 0 aliphatic rings. The molecule has 3 rings (SSSR count). The van der Waals surface area contributed by atoms with Gasteiger partial charge in [0, 0.05) is 19.5 Å². The van der Waals surface area contributed by atoms with E-state index < -0.39 is 28.5 Å². The van der Waals surface area contributed by atoms with E-state index in [1.807, 2.05) is 94.4 Å². The van der Waals surface area contributed by atoms with E-state index in [-0.39, 0.29) is 18.4 Å². The van der Waals surface area contributed by atoms with Crippen molar-refractivity contribution in [1.82, 2.24) is 10.2 Å². The number of anilines is 1. The van der Waals surface area contributed by atoms with Crippen LogP contribution in [0.2, 0.25) is 0 Å². The molecule has 0 unspecified atom stereocenters. The zero-order chi connectivity index (χ0) is 28.6.